The van der Waals surface area contributed by atoms with Crippen LogP contribution in [0.5, 0.6) is 0 Å². The molecule has 106 valence electrons. The molecule has 2 aromatic heterocycles. The summed E-state index contributed by atoms with van der Waals surface area (Å²) in [4.78, 5) is 13.0. The number of carbonyl (C=O) groups excluding carboxylic acids is 1. The first kappa shape index (κ1) is 13.5. The monoisotopic (exact) mass is 298 g/mol. The number of rotatable bonds is 4. The van der Waals surface area contributed by atoms with Crippen LogP contribution in [-0.2, 0) is 4.79 Å². The zero-order valence-corrected chi connectivity index (χ0v) is 11.9. The highest BCUT2D eigenvalue weighted by atomic mass is 32.1. The number of nitrogens with two attached hydrogens (primary N) is 1. The Morgan fingerprint density at radius 1 is 1.29 bits per heavy atom. The number of amides is 1. The molecule has 0 fully saturated rings. The Labute approximate surface area is 125 Å². The number of benzene rings is 1. The van der Waals surface area contributed by atoms with Gasteiger partial charge in [-0.25, -0.2) is 0 Å². The number of carbonyl (C=O) groups is 1. The van der Waals surface area contributed by atoms with E-state index >= 15 is 0 Å². The summed E-state index contributed by atoms with van der Waals surface area (Å²) in [6, 6.07) is 12.5. The Bertz CT molecular complexity index is 722. The lowest BCUT2D eigenvalue weighted by Gasteiger charge is -2.11. The van der Waals surface area contributed by atoms with Crippen molar-refractivity contribution in [2.75, 3.05) is 5.32 Å². The number of thiophene rings is 1. The maximum absolute atomic E-state index is 12.2. The van der Waals surface area contributed by atoms with Crippen LogP contribution in [0.2, 0.25) is 0 Å². The number of hydrogen-bond acceptors (Lipinski definition) is 4. The van der Waals surface area contributed by atoms with Crippen LogP contribution in [0.15, 0.2) is 54.0 Å². The van der Waals surface area contributed by atoms with Crippen molar-refractivity contribution in [1.29, 1.82) is 0 Å². The Morgan fingerprint density at radius 3 is 2.90 bits per heavy atom. The van der Waals surface area contributed by atoms with Crippen LogP contribution in [-0.4, -0.2) is 16.1 Å². The molecule has 4 N–H and O–H groups in total. The average molecular weight is 298 g/mol. The summed E-state index contributed by atoms with van der Waals surface area (Å²) in [5.74, 6) is -0.223. The summed E-state index contributed by atoms with van der Waals surface area (Å²) in [5, 5.41) is 11.6. The predicted molar refractivity (Wildman–Crippen MR) is 83.9 cm³/mol. The molecule has 0 bridgehead atoms. The zero-order chi connectivity index (χ0) is 14.7. The smallest absolute Gasteiger partial charge is 0.246 e. The van der Waals surface area contributed by atoms with Gasteiger partial charge in [-0.05, 0) is 29.6 Å². The minimum absolute atomic E-state index is 0.223. The van der Waals surface area contributed by atoms with Crippen molar-refractivity contribution >= 4 is 22.9 Å². The molecule has 6 heteroatoms. The van der Waals surface area contributed by atoms with Gasteiger partial charge in [0.1, 0.15) is 6.04 Å². The summed E-state index contributed by atoms with van der Waals surface area (Å²) in [7, 11) is 0. The van der Waals surface area contributed by atoms with Crippen LogP contribution in [0, 0.1) is 0 Å². The molecule has 0 saturated carbocycles. The quantitative estimate of drug-likeness (QED) is 0.692. The molecular weight excluding hydrogens is 284 g/mol. The van der Waals surface area contributed by atoms with Crippen molar-refractivity contribution in [2.24, 2.45) is 5.73 Å². The third-order valence-electron chi connectivity index (χ3n) is 3.07. The number of anilines is 1. The third-order valence-corrected chi connectivity index (χ3v) is 4.03. The first-order valence-electron chi connectivity index (χ1n) is 6.44. The molecule has 5 nitrogen and oxygen atoms in total. The van der Waals surface area contributed by atoms with E-state index in [1.54, 1.807) is 6.20 Å². The third kappa shape index (κ3) is 3.01. The molecule has 1 atom stereocenters. The topological polar surface area (TPSA) is 83.8 Å². The minimum Gasteiger partial charge on any atom is -0.324 e. The molecule has 0 spiro atoms. The molecule has 0 saturated heterocycles. The summed E-state index contributed by atoms with van der Waals surface area (Å²) in [6.45, 7) is 0. The van der Waals surface area contributed by atoms with E-state index in [0.717, 1.165) is 16.1 Å². The average Bonchev–Trinajstić information content (AvgIpc) is 3.20. The SMILES string of the molecule is NC(C(=O)Nc1cccc(-c2ccn[nH]2)c1)c1cccs1. The van der Waals surface area contributed by atoms with Crippen LogP contribution in [0.4, 0.5) is 5.69 Å². The highest BCUT2D eigenvalue weighted by molar-refractivity contribution is 7.10. The molecule has 3 rings (SSSR count). The van der Waals surface area contributed by atoms with Gasteiger partial charge in [0.15, 0.2) is 0 Å². The molecule has 0 aliphatic rings. The number of hydrogen-bond donors (Lipinski definition) is 3. The fraction of sp³-hybridized carbons (Fsp3) is 0.0667. The second-order valence-electron chi connectivity index (χ2n) is 4.53. The van der Waals surface area contributed by atoms with Gasteiger partial charge in [-0.2, -0.15) is 5.10 Å². The molecule has 21 heavy (non-hydrogen) atoms. The normalized spacial score (nSPS) is 12.0. The van der Waals surface area contributed by atoms with Crippen molar-refractivity contribution in [3.05, 3.63) is 58.9 Å². The summed E-state index contributed by atoms with van der Waals surface area (Å²) in [6.07, 6.45) is 1.69. The lowest BCUT2D eigenvalue weighted by molar-refractivity contribution is -0.117. The van der Waals surface area contributed by atoms with Gasteiger partial charge in [0.05, 0.1) is 5.69 Å². The summed E-state index contributed by atoms with van der Waals surface area (Å²) < 4.78 is 0. The Hall–Kier alpha value is -2.44. The van der Waals surface area contributed by atoms with Crippen LogP contribution in [0.3, 0.4) is 0 Å². The van der Waals surface area contributed by atoms with Gasteiger partial charge in [0.2, 0.25) is 5.91 Å². The maximum atomic E-state index is 12.2. The molecule has 1 unspecified atom stereocenters. The molecule has 2 heterocycles. The van der Waals surface area contributed by atoms with E-state index in [4.69, 9.17) is 5.73 Å². The minimum atomic E-state index is -0.652. The Balaban J connectivity index is 1.76. The highest BCUT2D eigenvalue weighted by Gasteiger charge is 2.16. The first-order valence-corrected chi connectivity index (χ1v) is 7.31. The number of nitrogens with zero attached hydrogens (tertiary/aromatic N) is 1. The van der Waals surface area contributed by atoms with Gasteiger partial charge < -0.3 is 11.1 Å². The van der Waals surface area contributed by atoms with Crippen LogP contribution >= 0.6 is 11.3 Å². The van der Waals surface area contributed by atoms with Crippen molar-refractivity contribution < 1.29 is 4.79 Å². The van der Waals surface area contributed by atoms with Crippen LogP contribution in [0.1, 0.15) is 10.9 Å². The van der Waals surface area contributed by atoms with Gasteiger partial charge in [0, 0.05) is 22.3 Å². The van der Waals surface area contributed by atoms with Crippen LogP contribution in [0.25, 0.3) is 11.3 Å². The maximum Gasteiger partial charge on any atom is 0.246 e. The fourth-order valence-corrected chi connectivity index (χ4v) is 2.72. The van der Waals surface area contributed by atoms with E-state index in [1.165, 1.54) is 11.3 Å². The molecule has 0 aliphatic heterocycles. The highest BCUT2D eigenvalue weighted by Crippen LogP contribution is 2.22. The molecule has 0 radical (unpaired) electrons. The lowest BCUT2D eigenvalue weighted by atomic mass is 10.1. The Morgan fingerprint density at radius 2 is 2.19 bits per heavy atom. The molecule has 0 aliphatic carbocycles. The summed E-state index contributed by atoms with van der Waals surface area (Å²) >= 11 is 1.47. The van der Waals surface area contributed by atoms with E-state index in [0.29, 0.717) is 5.69 Å². The van der Waals surface area contributed by atoms with Crippen molar-refractivity contribution in [1.82, 2.24) is 10.2 Å². The van der Waals surface area contributed by atoms with Gasteiger partial charge in [-0.3, -0.25) is 9.89 Å². The number of aromatic amines is 1. The first-order chi connectivity index (χ1) is 10.2. The van der Waals surface area contributed by atoms with Crippen molar-refractivity contribution in [3.63, 3.8) is 0 Å². The molecule has 1 amide bonds. The number of nitrogens with one attached hydrogen (secondary N) is 2. The fourth-order valence-electron chi connectivity index (χ4n) is 2.00. The molecular formula is C15H14N4OS. The Kier molecular flexibility index (Phi) is 3.81. The number of H-pyrrole nitrogens is 1. The van der Waals surface area contributed by atoms with E-state index in [1.807, 2.05) is 47.8 Å². The van der Waals surface area contributed by atoms with Gasteiger partial charge in [-0.15, -0.1) is 11.3 Å². The second kappa shape index (κ2) is 5.90. The zero-order valence-electron chi connectivity index (χ0n) is 11.1. The van der Waals surface area contributed by atoms with E-state index in [9.17, 15) is 4.79 Å². The second-order valence-corrected chi connectivity index (χ2v) is 5.51. The van der Waals surface area contributed by atoms with E-state index in [-0.39, 0.29) is 5.91 Å². The predicted octanol–water partition coefficient (Wildman–Crippen LogP) is 2.78. The van der Waals surface area contributed by atoms with Crippen LogP contribution < -0.4 is 11.1 Å². The van der Waals surface area contributed by atoms with E-state index in [2.05, 4.69) is 15.5 Å². The molecule has 3 aromatic rings. The van der Waals surface area contributed by atoms with Gasteiger partial charge in [-0.1, -0.05) is 18.2 Å². The lowest BCUT2D eigenvalue weighted by Crippen LogP contribution is -2.26. The van der Waals surface area contributed by atoms with E-state index < -0.39 is 6.04 Å². The standard InChI is InChI=1S/C15H14N4OS/c16-14(13-5-2-8-21-13)15(20)18-11-4-1-3-10(9-11)12-6-7-17-19-12/h1-9,14H,16H2,(H,17,19)(H,18,20). The van der Waals surface area contributed by atoms with Crippen molar-refractivity contribution in [3.8, 4) is 11.3 Å². The van der Waals surface area contributed by atoms with Crippen molar-refractivity contribution in [2.45, 2.75) is 6.04 Å². The molecule has 1 aromatic carbocycles. The number of aromatic nitrogens is 2. The summed E-state index contributed by atoms with van der Waals surface area (Å²) in [5.41, 5.74) is 8.50. The van der Waals surface area contributed by atoms with Gasteiger partial charge >= 0.3 is 0 Å². The largest absolute Gasteiger partial charge is 0.324 e. The van der Waals surface area contributed by atoms with Gasteiger partial charge in [0.25, 0.3) is 0 Å².